The lowest BCUT2D eigenvalue weighted by Crippen LogP contribution is -2.38. The van der Waals surface area contributed by atoms with Crippen molar-refractivity contribution in [1.82, 2.24) is 9.97 Å². The molecule has 0 aliphatic heterocycles. The Hall–Kier alpha value is -1.36. The normalized spacial score (nSPS) is 14.3. The van der Waals surface area contributed by atoms with Crippen molar-refractivity contribution in [3.8, 4) is 0 Å². The Labute approximate surface area is 115 Å². The van der Waals surface area contributed by atoms with Gasteiger partial charge in [0.1, 0.15) is 17.5 Å². The van der Waals surface area contributed by atoms with Gasteiger partial charge < -0.3 is 15.7 Å². The van der Waals surface area contributed by atoms with Crippen molar-refractivity contribution < 1.29 is 5.11 Å². The SMILES string of the molecule is CCNc1cc(NC(C)(CC)CO)nc(C(C)C)n1. The molecule has 0 bridgehead atoms. The summed E-state index contributed by atoms with van der Waals surface area (Å²) in [6, 6.07) is 1.89. The molecule has 0 spiro atoms. The predicted molar refractivity (Wildman–Crippen MR) is 79.7 cm³/mol. The van der Waals surface area contributed by atoms with E-state index < -0.39 is 0 Å². The van der Waals surface area contributed by atoms with E-state index in [1.807, 2.05) is 26.8 Å². The summed E-state index contributed by atoms with van der Waals surface area (Å²) in [6.07, 6.45) is 0.820. The molecule has 1 aromatic heterocycles. The maximum absolute atomic E-state index is 9.48. The Morgan fingerprint density at radius 2 is 1.89 bits per heavy atom. The van der Waals surface area contributed by atoms with E-state index in [9.17, 15) is 5.11 Å². The number of aliphatic hydroxyl groups excluding tert-OH is 1. The van der Waals surface area contributed by atoms with Crippen molar-refractivity contribution in [2.24, 2.45) is 0 Å². The van der Waals surface area contributed by atoms with Crippen molar-refractivity contribution in [2.45, 2.75) is 52.5 Å². The van der Waals surface area contributed by atoms with Crippen molar-refractivity contribution in [1.29, 1.82) is 0 Å². The molecule has 0 amide bonds. The number of hydrogen-bond acceptors (Lipinski definition) is 5. The number of hydrogen-bond donors (Lipinski definition) is 3. The van der Waals surface area contributed by atoms with Gasteiger partial charge in [-0.1, -0.05) is 20.8 Å². The van der Waals surface area contributed by atoms with Crippen molar-refractivity contribution in [3.63, 3.8) is 0 Å². The third-order valence-corrected chi connectivity index (χ3v) is 3.18. The van der Waals surface area contributed by atoms with Crippen molar-refractivity contribution >= 4 is 11.6 Å². The average Bonchev–Trinajstić information content (AvgIpc) is 2.38. The van der Waals surface area contributed by atoms with Crippen LogP contribution in [0.3, 0.4) is 0 Å². The van der Waals surface area contributed by atoms with Crippen LogP contribution in [0.2, 0.25) is 0 Å². The number of anilines is 2. The fraction of sp³-hybridized carbons (Fsp3) is 0.714. The summed E-state index contributed by atoms with van der Waals surface area (Å²) in [5.74, 6) is 2.65. The first kappa shape index (κ1) is 15.7. The molecule has 108 valence electrons. The minimum atomic E-state index is -0.355. The molecule has 0 aromatic carbocycles. The van der Waals surface area contributed by atoms with Crippen LogP contribution in [0.1, 0.15) is 52.8 Å². The number of nitrogens with zero attached hydrogens (tertiary/aromatic N) is 2. The lowest BCUT2D eigenvalue weighted by molar-refractivity contribution is 0.218. The van der Waals surface area contributed by atoms with Gasteiger partial charge >= 0.3 is 0 Å². The first-order valence-corrected chi connectivity index (χ1v) is 6.96. The zero-order valence-electron chi connectivity index (χ0n) is 12.6. The van der Waals surface area contributed by atoms with Gasteiger partial charge in [0.15, 0.2) is 0 Å². The van der Waals surface area contributed by atoms with Crippen molar-refractivity contribution in [2.75, 3.05) is 23.8 Å². The summed E-state index contributed by atoms with van der Waals surface area (Å²) in [5.41, 5.74) is -0.355. The number of nitrogens with one attached hydrogen (secondary N) is 2. The van der Waals surface area contributed by atoms with Crippen molar-refractivity contribution in [3.05, 3.63) is 11.9 Å². The van der Waals surface area contributed by atoms with Crippen LogP contribution in [0.25, 0.3) is 0 Å². The molecule has 19 heavy (non-hydrogen) atoms. The highest BCUT2D eigenvalue weighted by atomic mass is 16.3. The third-order valence-electron chi connectivity index (χ3n) is 3.18. The standard InChI is InChI=1S/C14H26N4O/c1-6-14(5,9-19)18-12-8-11(15-7-2)16-13(17-12)10(3)4/h8,10,19H,6-7,9H2,1-5H3,(H2,15,16,17,18). The fourth-order valence-electron chi connectivity index (χ4n) is 1.61. The Balaban J connectivity index is 3.05. The van der Waals surface area contributed by atoms with Gasteiger partial charge in [-0.25, -0.2) is 9.97 Å². The highest BCUT2D eigenvalue weighted by Crippen LogP contribution is 2.21. The molecule has 0 aliphatic rings. The monoisotopic (exact) mass is 266 g/mol. The Morgan fingerprint density at radius 3 is 2.37 bits per heavy atom. The molecular formula is C14H26N4O. The molecule has 1 rings (SSSR count). The quantitative estimate of drug-likeness (QED) is 0.707. The highest BCUT2D eigenvalue weighted by Gasteiger charge is 2.21. The highest BCUT2D eigenvalue weighted by molar-refractivity contribution is 5.49. The van der Waals surface area contributed by atoms with Gasteiger partial charge in [-0.2, -0.15) is 0 Å². The van der Waals surface area contributed by atoms with E-state index in [2.05, 4.69) is 34.4 Å². The van der Waals surface area contributed by atoms with E-state index in [-0.39, 0.29) is 18.1 Å². The molecule has 5 heteroatoms. The first-order chi connectivity index (χ1) is 8.94. The van der Waals surface area contributed by atoms with Gasteiger partial charge in [-0.3, -0.25) is 0 Å². The largest absolute Gasteiger partial charge is 0.394 e. The fourth-order valence-corrected chi connectivity index (χ4v) is 1.61. The Bertz CT molecular complexity index is 402. The lowest BCUT2D eigenvalue weighted by Gasteiger charge is -2.28. The summed E-state index contributed by atoms with van der Waals surface area (Å²) >= 11 is 0. The second-order valence-electron chi connectivity index (χ2n) is 5.38. The van der Waals surface area contributed by atoms with Gasteiger partial charge in [-0.15, -0.1) is 0 Å². The molecule has 1 atom stereocenters. The predicted octanol–water partition coefficient (Wildman–Crippen LogP) is 2.60. The van der Waals surface area contributed by atoms with Crippen LogP contribution >= 0.6 is 0 Å². The molecule has 0 saturated carbocycles. The second-order valence-corrected chi connectivity index (χ2v) is 5.38. The van der Waals surface area contributed by atoms with E-state index >= 15 is 0 Å². The van der Waals surface area contributed by atoms with Gasteiger partial charge in [0.25, 0.3) is 0 Å². The minimum absolute atomic E-state index is 0.0705. The summed E-state index contributed by atoms with van der Waals surface area (Å²) in [4.78, 5) is 9.00. The molecule has 0 fully saturated rings. The maximum Gasteiger partial charge on any atom is 0.135 e. The first-order valence-electron chi connectivity index (χ1n) is 6.96. The topological polar surface area (TPSA) is 70.1 Å². The zero-order chi connectivity index (χ0) is 14.5. The van der Waals surface area contributed by atoms with Crippen LogP contribution in [-0.4, -0.2) is 33.8 Å². The molecular weight excluding hydrogens is 240 g/mol. The van der Waals surface area contributed by atoms with Gasteiger partial charge in [-0.05, 0) is 20.3 Å². The summed E-state index contributed by atoms with van der Waals surface area (Å²) < 4.78 is 0. The number of aromatic nitrogens is 2. The van der Waals surface area contributed by atoms with E-state index in [1.54, 1.807) is 0 Å². The van der Waals surface area contributed by atoms with Crippen LogP contribution in [0.5, 0.6) is 0 Å². The third kappa shape index (κ3) is 4.35. The Kier molecular flexibility index (Phi) is 5.54. The summed E-state index contributed by atoms with van der Waals surface area (Å²) in [5, 5.41) is 16.0. The van der Waals surface area contributed by atoms with E-state index in [0.29, 0.717) is 0 Å². The molecule has 3 N–H and O–H groups in total. The van der Waals surface area contributed by atoms with Crippen LogP contribution in [0, 0.1) is 0 Å². The summed E-state index contributed by atoms with van der Waals surface area (Å²) in [6.45, 7) is 11.1. The molecule has 1 heterocycles. The minimum Gasteiger partial charge on any atom is -0.394 e. The van der Waals surface area contributed by atoms with E-state index in [0.717, 1.165) is 30.4 Å². The van der Waals surface area contributed by atoms with Crippen LogP contribution in [-0.2, 0) is 0 Å². The number of aliphatic hydroxyl groups is 1. The van der Waals surface area contributed by atoms with Gasteiger partial charge in [0.2, 0.25) is 0 Å². The molecule has 0 aliphatic carbocycles. The lowest BCUT2D eigenvalue weighted by atomic mass is 10.0. The van der Waals surface area contributed by atoms with E-state index in [4.69, 9.17) is 0 Å². The molecule has 1 aromatic rings. The molecule has 0 saturated heterocycles. The van der Waals surface area contributed by atoms with Gasteiger partial charge in [0.05, 0.1) is 12.1 Å². The maximum atomic E-state index is 9.48. The Morgan fingerprint density at radius 1 is 1.26 bits per heavy atom. The second kappa shape index (κ2) is 6.70. The van der Waals surface area contributed by atoms with E-state index in [1.165, 1.54) is 0 Å². The molecule has 5 nitrogen and oxygen atoms in total. The zero-order valence-corrected chi connectivity index (χ0v) is 12.6. The molecule has 1 unspecified atom stereocenters. The smallest absolute Gasteiger partial charge is 0.135 e. The molecule has 0 radical (unpaired) electrons. The van der Waals surface area contributed by atoms with Crippen LogP contribution in [0.15, 0.2) is 6.07 Å². The number of rotatable bonds is 7. The average molecular weight is 266 g/mol. The van der Waals surface area contributed by atoms with Gasteiger partial charge in [0, 0.05) is 18.5 Å². The van der Waals surface area contributed by atoms with Crippen LogP contribution in [0.4, 0.5) is 11.6 Å². The summed E-state index contributed by atoms with van der Waals surface area (Å²) in [7, 11) is 0. The van der Waals surface area contributed by atoms with Crippen LogP contribution < -0.4 is 10.6 Å².